The fourth-order valence-electron chi connectivity index (χ4n) is 2.01. The smallest absolute Gasteiger partial charge is 0.334 e. The molecule has 2 unspecified atom stereocenters. The molecule has 21 heavy (non-hydrogen) atoms. The monoisotopic (exact) mass is 297 g/mol. The summed E-state index contributed by atoms with van der Waals surface area (Å²) in [7, 11) is 1.28. The van der Waals surface area contributed by atoms with Gasteiger partial charge in [-0.25, -0.2) is 9.18 Å². The van der Waals surface area contributed by atoms with E-state index in [-0.39, 0.29) is 30.6 Å². The predicted molar refractivity (Wildman–Crippen MR) is 75.3 cm³/mol. The summed E-state index contributed by atoms with van der Waals surface area (Å²) in [4.78, 5) is 22.4. The maximum atomic E-state index is 13.1. The largest absolute Gasteiger partial charge is 0.479 e. The minimum Gasteiger partial charge on any atom is -0.479 e. The topological polar surface area (TPSA) is 75.6 Å². The van der Waals surface area contributed by atoms with E-state index < -0.39 is 12.1 Å². The highest BCUT2D eigenvalue weighted by Gasteiger charge is 2.18. The van der Waals surface area contributed by atoms with Gasteiger partial charge in [-0.1, -0.05) is 19.1 Å². The number of rotatable bonds is 8. The first-order valence-corrected chi connectivity index (χ1v) is 6.69. The van der Waals surface area contributed by atoms with Crippen LogP contribution in [0.2, 0.25) is 0 Å². The van der Waals surface area contributed by atoms with Crippen molar-refractivity contribution in [1.29, 1.82) is 0 Å². The zero-order valence-corrected chi connectivity index (χ0v) is 12.1. The van der Waals surface area contributed by atoms with Crippen LogP contribution in [0.3, 0.4) is 0 Å². The number of carboxylic acid groups (broad SMARTS) is 1. The summed E-state index contributed by atoms with van der Waals surface area (Å²) in [6, 6.07) is 6.26. The average molecular weight is 297 g/mol. The third kappa shape index (κ3) is 6.35. The molecule has 0 aromatic heterocycles. The molecule has 1 amide bonds. The van der Waals surface area contributed by atoms with E-state index in [1.807, 2.05) is 13.0 Å². The van der Waals surface area contributed by atoms with Crippen molar-refractivity contribution >= 4 is 11.9 Å². The maximum absolute atomic E-state index is 13.1. The molecule has 5 nitrogen and oxygen atoms in total. The van der Waals surface area contributed by atoms with Crippen LogP contribution >= 0.6 is 0 Å². The van der Waals surface area contributed by atoms with E-state index in [1.165, 1.54) is 19.2 Å². The Labute approximate surface area is 123 Å². The Balaban J connectivity index is 2.38. The van der Waals surface area contributed by atoms with Crippen molar-refractivity contribution in [3.05, 3.63) is 35.6 Å². The Kier molecular flexibility index (Phi) is 6.81. The van der Waals surface area contributed by atoms with Gasteiger partial charge in [-0.2, -0.15) is 0 Å². The van der Waals surface area contributed by atoms with E-state index >= 15 is 0 Å². The number of ether oxygens (including phenoxy) is 1. The molecule has 2 atom stereocenters. The molecule has 6 heteroatoms. The van der Waals surface area contributed by atoms with Crippen LogP contribution in [0.25, 0.3) is 0 Å². The fraction of sp³-hybridized carbons (Fsp3) is 0.467. The van der Waals surface area contributed by atoms with E-state index in [4.69, 9.17) is 9.84 Å². The van der Waals surface area contributed by atoms with E-state index in [2.05, 4.69) is 5.32 Å². The summed E-state index contributed by atoms with van der Waals surface area (Å²) in [6.45, 7) is 1.81. The lowest BCUT2D eigenvalue weighted by Gasteiger charge is -2.14. The lowest BCUT2D eigenvalue weighted by Crippen LogP contribution is -2.38. The molecule has 1 rings (SSSR count). The first-order chi connectivity index (χ1) is 9.92. The Morgan fingerprint density at radius 1 is 1.43 bits per heavy atom. The zero-order valence-electron chi connectivity index (χ0n) is 12.1. The van der Waals surface area contributed by atoms with Crippen molar-refractivity contribution in [3.63, 3.8) is 0 Å². The van der Waals surface area contributed by atoms with Gasteiger partial charge >= 0.3 is 5.97 Å². The minimum absolute atomic E-state index is 0.0256. The number of amides is 1. The average Bonchev–Trinajstić information content (AvgIpc) is 2.38. The standard InChI is InChI=1S/C15H20FNO4/c1-10(6-11-4-3-5-12(16)8-11)7-14(18)17-9-13(21-2)15(19)20/h3-5,8,10,13H,6-7,9H2,1-2H3,(H,17,18)(H,19,20). The van der Waals surface area contributed by atoms with Gasteiger partial charge in [0.25, 0.3) is 0 Å². The lowest BCUT2D eigenvalue weighted by atomic mass is 9.98. The van der Waals surface area contributed by atoms with Crippen LogP contribution < -0.4 is 5.32 Å². The Bertz CT molecular complexity index is 492. The Morgan fingerprint density at radius 3 is 2.71 bits per heavy atom. The van der Waals surface area contributed by atoms with Crippen molar-refractivity contribution in [1.82, 2.24) is 5.32 Å². The van der Waals surface area contributed by atoms with Gasteiger partial charge < -0.3 is 15.2 Å². The normalized spacial score (nSPS) is 13.5. The second kappa shape index (κ2) is 8.36. The van der Waals surface area contributed by atoms with E-state index in [0.717, 1.165) is 5.56 Å². The Hall–Kier alpha value is -1.95. The fourth-order valence-corrected chi connectivity index (χ4v) is 2.01. The number of carboxylic acids is 1. The molecule has 0 radical (unpaired) electrons. The number of methoxy groups -OCH3 is 1. The van der Waals surface area contributed by atoms with Crippen LogP contribution in [0.1, 0.15) is 18.9 Å². The molecule has 0 aliphatic carbocycles. The van der Waals surface area contributed by atoms with Crippen LogP contribution in [0.15, 0.2) is 24.3 Å². The number of hydrogen-bond acceptors (Lipinski definition) is 3. The first kappa shape index (κ1) is 17.1. The van der Waals surface area contributed by atoms with Crippen LogP contribution in [-0.2, 0) is 20.7 Å². The summed E-state index contributed by atoms with van der Waals surface area (Å²) in [5.41, 5.74) is 0.829. The van der Waals surface area contributed by atoms with E-state index in [0.29, 0.717) is 6.42 Å². The van der Waals surface area contributed by atoms with Crippen LogP contribution in [0.5, 0.6) is 0 Å². The van der Waals surface area contributed by atoms with Gasteiger partial charge in [-0.15, -0.1) is 0 Å². The van der Waals surface area contributed by atoms with E-state index in [1.54, 1.807) is 6.07 Å². The summed E-state index contributed by atoms with van der Waals surface area (Å²) < 4.78 is 17.8. The summed E-state index contributed by atoms with van der Waals surface area (Å²) in [5.74, 6) is -1.64. The summed E-state index contributed by atoms with van der Waals surface area (Å²) in [6.07, 6.45) is -0.225. The van der Waals surface area contributed by atoms with Crippen LogP contribution in [0.4, 0.5) is 4.39 Å². The number of aliphatic carboxylic acids is 1. The molecule has 0 saturated heterocycles. The quantitative estimate of drug-likeness (QED) is 0.764. The van der Waals surface area contributed by atoms with Crippen LogP contribution in [-0.4, -0.2) is 36.7 Å². The highest BCUT2D eigenvalue weighted by Crippen LogP contribution is 2.13. The highest BCUT2D eigenvalue weighted by molar-refractivity contribution is 5.78. The molecule has 0 heterocycles. The van der Waals surface area contributed by atoms with Crippen molar-refractivity contribution < 1.29 is 23.8 Å². The van der Waals surface area contributed by atoms with E-state index in [9.17, 15) is 14.0 Å². The van der Waals surface area contributed by atoms with Gasteiger partial charge in [0.05, 0.1) is 6.54 Å². The summed E-state index contributed by atoms with van der Waals surface area (Å²) >= 11 is 0. The van der Waals surface area contributed by atoms with Crippen molar-refractivity contribution in [2.75, 3.05) is 13.7 Å². The van der Waals surface area contributed by atoms with Crippen molar-refractivity contribution in [2.24, 2.45) is 5.92 Å². The molecule has 0 aliphatic heterocycles. The molecule has 1 aromatic carbocycles. The lowest BCUT2D eigenvalue weighted by molar-refractivity contribution is -0.148. The molecular weight excluding hydrogens is 277 g/mol. The molecule has 0 fully saturated rings. The number of hydrogen-bond donors (Lipinski definition) is 2. The maximum Gasteiger partial charge on any atom is 0.334 e. The summed E-state index contributed by atoms with van der Waals surface area (Å²) in [5, 5.41) is 11.3. The molecule has 0 aliphatic rings. The second-order valence-electron chi connectivity index (χ2n) is 5.01. The number of nitrogens with one attached hydrogen (secondary N) is 1. The number of carbonyl (C=O) groups is 2. The van der Waals surface area contributed by atoms with Crippen molar-refractivity contribution in [2.45, 2.75) is 25.9 Å². The second-order valence-corrected chi connectivity index (χ2v) is 5.01. The SMILES string of the molecule is COC(CNC(=O)CC(C)Cc1cccc(F)c1)C(=O)O. The minimum atomic E-state index is -1.12. The predicted octanol–water partition coefficient (Wildman–Crippen LogP) is 1.61. The Morgan fingerprint density at radius 2 is 2.14 bits per heavy atom. The van der Waals surface area contributed by atoms with Crippen molar-refractivity contribution in [3.8, 4) is 0 Å². The molecule has 0 spiro atoms. The molecule has 1 aromatic rings. The zero-order chi connectivity index (χ0) is 15.8. The molecule has 2 N–H and O–H groups in total. The van der Waals surface area contributed by atoms with Gasteiger partial charge in [-0.3, -0.25) is 4.79 Å². The molecular formula is C15H20FNO4. The van der Waals surface area contributed by atoms with Gasteiger partial charge in [0.2, 0.25) is 5.91 Å². The van der Waals surface area contributed by atoms with Gasteiger partial charge in [0.15, 0.2) is 6.10 Å². The molecule has 116 valence electrons. The third-order valence-electron chi connectivity index (χ3n) is 3.05. The molecule has 0 saturated carbocycles. The van der Waals surface area contributed by atoms with Gasteiger partial charge in [0.1, 0.15) is 5.82 Å². The first-order valence-electron chi connectivity index (χ1n) is 6.69. The number of benzene rings is 1. The third-order valence-corrected chi connectivity index (χ3v) is 3.05. The molecule has 0 bridgehead atoms. The highest BCUT2D eigenvalue weighted by atomic mass is 19.1. The number of halogens is 1. The van der Waals surface area contributed by atoms with Gasteiger partial charge in [0, 0.05) is 13.5 Å². The van der Waals surface area contributed by atoms with Crippen LogP contribution in [0, 0.1) is 11.7 Å². The number of carbonyl (C=O) groups excluding carboxylic acids is 1. The van der Waals surface area contributed by atoms with Gasteiger partial charge in [-0.05, 0) is 30.0 Å².